The third-order valence-corrected chi connectivity index (χ3v) is 6.08. The van der Waals surface area contributed by atoms with Crippen LogP contribution in [0.15, 0.2) is 41.3 Å². The minimum absolute atomic E-state index is 0.0145. The lowest BCUT2D eigenvalue weighted by molar-refractivity contribution is -0.126. The van der Waals surface area contributed by atoms with Gasteiger partial charge in [-0.2, -0.15) is 0 Å². The van der Waals surface area contributed by atoms with Gasteiger partial charge < -0.3 is 5.32 Å². The first-order chi connectivity index (χ1) is 10.1. The lowest BCUT2D eigenvalue weighted by Crippen LogP contribution is -2.37. The highest BCUT2D eigenvalue weighted by molar-refractivity contribution is 7.91. The van der Waals surface area contributed by atoms with Crippen LogP contribution in [0.25, 0.3) is 0 Å². The number of carbonyl (C=O) groups excluding carboxylic acids is 1. The minimum Gasteiger partial charge on any atom is -0.349 e. The van der Waals surface area contributed by atoms with E-state index in [1.165, 1.54) is 0 Å². The van der Waals surface area contributed by atoms with E-state index in [2.05, 4.69) is 11.4 Å². The summed E-state index contributed by atoms with van der Waals surface area (Å²) < 4.78 is 24.2. The molecular formula is C16H19NO3S. The fraction of sp³-hybridized carbons (Fsp3) is 0.438. The summed E-state index contributed by atoms with van der Waals surface area (Å²) in [5, 5.41) is 3.05. The van der Waals surface area contributed by atoms with E-state index < -0.39 is 9.84 Å². The van der Waals surface area contributed by atoms with Gasteiger partial charge in [-0.25, -0.2) is 8.42 Å². The van der Waals surface area contributed by atoms with Gasteiger partial charge in [0.1, 0.15) is 0 Å². The van der Waals surface area contributed by atoms with Crippen molar-refractivity contribution in [1.29, 1.82) is 0 Å². The zero-order valence-electron chi connectivity index (χ0n) is 11.8. The van der Waals surface area contributed by atoms with Crippen LogP contribution in [0, 0.1) is 5.92 Å². The van der Waals surface area contributed by atoms with Gasteiger partial charge in [-0.1, -0.05) is 30.4 Å². The van der Waals surface area contributed by atoms with Crippen LogP contribution in [0.5, 0.6) is 0 Å². The summed E-state index contributed by atoms with van der Waals surface area (Å²) >= 11 is 0. The molecule has 1 amide bonds. The van der Waals surface area contributed by atoms with Gasteiger partial charge in [-0.3, -0.25) is 4.79 Å². The molecule has 0 fully saturated rings. The van der Waals surface area contributed by atoms with Crippen molar-refractivity contribution < 1.29 is 13.2 Å². The zero-order chi connectivity index (χ0) is 14.9. The molecule has 1 aromatic carbocycles. The maximum Gasteiger partial charge on any atom is 0.223 e. The van der Waals surface area contributed by atoms with Crippen molar-refractivity contribution in [3.8, 4) is 0 Å². The van der Waals surface area contributed by atoms with Crippen molar-refractivity contribution in [3.63, 3.8) is 0 Å². The molecule has 21 heavy (non-hydrogen) atoms. The van der Waals surface area contributed by atoms with Crippen molar-refractivity contribution in [2.45, 2.75) is 36.6 Å². The van der Waals surface area contributed by atoms with Gasteiger partial charge in [0.2, 0.25) is 5.91 Å². The SMILES string of the molecule is O=C(NC1CCS(=O)(=O)c2ccccc21)C1CC=CCC1. The number of nitrogens with one attached hydrogen (secondary N) is 1. The molecule has 1 aromatic rings. The summed E-state index contributed by atoms with van der Waals surface area (Å²) in [4.78, 5) is 12.7. The number of benzene rings is 1. The van der Waals surface area contributed by atoms with E-state index in [-0.39, 0.29) is 23.6 Å². The zero-order valence-corrected chi connectivity index (χ0v) is 12.6. The molecular weight excluding hydrogens is 286 g/mol. The largest absolute Gasteiger partial charge is 0.349 e. The first kappa shape index (κ1) is 14.3. The van der Waals surface area contributed by atoms with Crippen LogP contribution in [0.3, 0.4) is 0 Å². The van der Waals surface area contributed by atoms with Crippen LogP contribution in [0.4, 0.5) is 0 Å². The molecule has 0 radical (unpaired) electrons. The number of carbonyl (C=O) groups is 1. The molecule has 2 unspecified atom stereocenters. The first-order valence-corrected chi connectivity index (χ1v) is 9.00. The van der Waals surface area contributed by atoms with Crippen LogP contribution in [0.2, 0.25) is 0 Å². The summed E-state index contributed by atoms with van der Waals surface area (Å²) in [5.41, 5.74) is 0.725. The van der Waals surface area contributed by atoms with Gasteiger partial charge >= 0.3 is 0 Å². The molecule has 1 aliphatic heterocycles. The molecule has 0 saturated carbocycles. The van der Waals surface area contributed by atoms with Crippen LogP contribution >= 0.6 is 0 Å². The van der Waals surface area contributed by atoms with E-state index in [0.717, 1.165) is 24.8 Å². The van der Waals surface area contributed by atoms with Gasteiger partial charge in [-0.05, 0) is 37.3 Å². The van der Waals surface area contributed by atoms with Crippen molar-refractivity contribution in [2.75, 3.05) is 5.75 Å². The fourth-order valence-corrected chi connectivity index (χ4v) is 4.68. The Morgan fingerprint density at radius 2 is 1.95 bits per heavy atom. The summed E-state index contributed by atoms with van der Waals surface area (Å²) in [6.07, 6.45) is 7.19. The number of fused-ring (bicyclic) bond motifs is 1. The van der Waals surface area contributed by atoms with E-state index in [9.17, 15) is 13.2 Å². The van der Waals surface area contributed by atoms with E-state index >= 15 is 0 Å². The lowest BCUT2D eigenvalue weighted by atomic mass is 9.92. The highest BCUT2D eigenvalue weighted by Crippen LogP contribution is 2.32. The van der Waals surface area contributed by atoms with Gasteiger partial charge in [0.05, 0.1) is 16.7 Å². The van der Waals surface area contributed by atoms with Crippen LogP contribution in [-0.4, -0.2) is 20.1 Å². The number of rotatable bonds is 2. The predicted octanol–water partition coefficient (Wildman–Crippen LogP) is 2.38. The molecule has 1 heterocycles. The van der Waals surface area contributed by atoms with E-state index in [0.29, 0.717) is 11.3 Å². The summed E-state index contributed by atoms with van der Waals surface area (Å²) in [7, 11) is -3.20. The van der Waals surface area contributed by atoms with Gasteiger partial charge in [0.25, 0.3) is 0 Å². The molecule has 4 nitrogen and oxygen atoms in total. The molecule has 0 saturated heterocycles. The number of sulfone groups is 1. The maximum absolute atomic E-state index is 12.3. The molecule has 0 bridgehead atoms. The molecule has 0 aromatic heterocycles. The Kier molecular flexibility index (Phi) is 3.85. The smallest absolute Gasteiger partial charge is 0.223 e. The summed E-state index contributed by atoms with van der Waals surface area (Å²) in [5.74, 6) is 0.152. The third-order valence-electron chi connectivity index (χ3n) is 4.26. The quantitative estimate of drug-likeness (QED) is 0.853. The molecule has 5 heteroatoms. The molecule has 1 N–H and O–H groups in total. The van der Waals surface area contributed by atoms with Gasteiger partial charge in [0.15, 0.2) is 9.84 Å². The Morgan fingerprint density at radius 1 is 1.14 bits per heavy atom. The van der Waals surface area contributed by atoms with Crippen LogP contribution in [-0.2, 0) is 14.6 Å². The average molecular weight is 305 g/mol. The van der Waals surface area contributed by atoms with Crippen molar-refractivity contribution in [1.82, 2.24) is 5.32 Å². The Balaban J connectivity index is 1.81. The standard InChI is InChI=1S/C16H19NO3S/c18-16(12-6-2-1-3-7-12)17-14-10-11-21(19,20)15-9-5-4-8-13(14)15/h1-2,4-5,8-9,12,14H,3,6-7,10-11H2,(H,17,18). The van der Waals surface area contributed by atoms with Crippen molar-refractivity contribution in [2.24, 2.45) is 5.92 Å². The number of amides is 1. The number of hydrogen-bond donors (Lipinski definition) is 1. The number of allylic oxidation sites excluding steroid dienone is 2. The van der Waals surface area contributed by atoms with Crippen molar-refractivity contribution >= 4 is 15.7 Å². The molecule has 2 atom stereocenters. The maximum atomic E-state index is 12.3. The second-order valence-electron chi connectivity index (χ2n) is 5.69. The van der Waals surface area contributed by atoms with E-state index in [4.69, 9.17) is 0 Å². The van der Waals surface area contributed by atoms with Gasteiger partial charge in [0, 0.05) is 5.92 Å². The topological polar surface area (TPSA) is 63.2 Å². The van der Waals surface area contributed by atoms with Crippen LogP contribution in [0.1, 0.15) is 37.3 Å². The third kappa shape index (κ3) is 2.88. The Hall–Kier alpha value is -1.62. The molecule has 0 spiro atoms. The molecule has 112 valence electrons. The highest BCUT2D eigenvalue weighted by atomic mass is 32.2. The Labute approximate surface area is 125 Å². The first-order valence-electron chi connectivity index (χ1n) is 7.35. The molecule has 2 aliphatic rings. The van der Waals surface area contributed by atoms with Gasteiger partial charge in [-0.15, -0.1) is 0 Å². The molecule has 3 rings (SSSR count). The predicted molar refractivity (Wildman–Crippen MR) is 80.5 cm³/mol. The molecule has 1 aliphatic carbocycles. The van der Waals surface area contributed by atoms with E-state index in [1.807, 2.05) is 12.1 Å². The second kappa shape index (κ2) is 5.64. The number of hydrogen-bond acceptors (Lipinski definition) is 3. The normalized spacial score (nSPS) is 26.9. The highest BCUT2D eigenvalue weighted by Gasteiger charge is 2.32. The summed E-state index contributed by atoms with van der Waals surface area (Å²) in [6, 6.07) is 6.79. The van der Waals surface area contributed by atoms with Crippen LogP contribution < -0.4 is 5.32 Å². The summed E-state index contributed by atoms with van der Waals surface area (Å²) in [6.45, 7) is 0. The van der Waals surface area contributed by atoms with E-state index in [1.54, 1.807) is 18.2 Å². The Bertz CT molecular complexity index is 679. The lowest BCUT2D eigenvalue weighted by Gasteiger charge is -2.28. The monoisotopic (exact) mass is 305 g/mol. The Morgan fingerprint density at radius 3 is 2.71 bits per heavy atom. The fourth-order valence-electron chi connectivity index (χ4n) is 3.06. The average Bonchev–Trinajstić information content (AvgIpc) is 2.51. The second-order valence-corrected chi connectivity index (χ2v) is 7.77. The minimum atomic E-state index is -3.20. The van der Waals surface area contributed by atoms with Crippen molar-refractivity contribution in [3.05, 3.63) is 42.0 Å².